The van der Waals surface area contributed by atoms with Crippen LogP contribution in [0.2, 0.25) is 0 Å². The number of carbonyl (C=O) groups excluding carboxylic acids is 1. The average molecular weight is 490 g/mol. The number of aromatic nitrogens is 2. The molecule has 0 atom stereocenters. The normalized spacial score (nSPS) is 14.2. The van der Waals surface area contributed by atoms with Crippen LogP contribution in [0.3, 0.4) is 0 Å². The number of likely N-dealkylation sites (tertiary alicyclic amines) is 1. The summed E-state index contributed by atoms with van der Waals surface area (Å²) in [5.41, 5.74) is 1.47. The Kier molecular flexibility index (Phi) is 6.54. The highest BCUT2D eigenvalue weighted by molar-refractivity contribution is 7.18. The molecule has 1 N–H and O–H groups in total. The maximum Gasteiger partial charge on any atom is 0.263 e. The first-order valence-electron chi connectivity index (χ1n) is 11.2. The predicted molar refractivity (Wildman–Crippen MR) is 136 cm³/mol. The fraction of sp³-hybridized carbons (Fsp3) is 0.280. The van der Waals surface area contributed by atoms with Crippen LogP contribution < -0.4 is 10.9 Å². The number of para-hydroxylation sites is 1. The van der Waals surface area contributed by atoms with Crippen LogP contribution in [0, 0.1) is 11.3 Å². The number of hydrogen-bond donors (Lipinski definition) is 1. The van der Waals surface area contributed by atoms with Crippen LogP contribution in [0.15, 0.2) is 52.0 Å². The van der Waals surface area contributed by atoms with E-state index in [1.807, 2.05) is 22.9 Å². The van der Waals surface area contributed by atoms with Crippen molar-refractivity contribution in [2.24, 2.45) is 0 Å². The number of carbonyl (C=O) groups is 1. The topological polar surface area (TPSA) is 91.0 Å². The highest BCUT2D eigenvalue weighted by Crippen LogP contribution is 2.34. The summed E-state index contributed by atoms with van der Waals surface area (Å²) < 4.78 is 1.51. The summed E-state index contributed by atoms with van der Waals surface area (Å²) in [6.07, 6.45) is 3.46. The molecule has 7 nitrogen and oxygen atoms in total. The van der Waals surface area contributed by atoms with Gasteiger partial charge in [-0.2, -0.15) is 5.26 Å². The van der Waals surface area contributed by atoms with Gasteiger partial charge in [0, 0.05) is 15.8 Å². The van der Waals surface area contributed by atoms with Crippen molar-refractivity contribution in [3.8, 4) is 16.5 Å². The van der Waals surface area contributed by atoms with Crippen LogP contribution in [0.4, 0.5) is 5.69 Å². The third-order valence-corrected chi connectivity index (χ3v) is 7.77. The lowest BCUT2D eigenvalue weighted by molar-refractivity contribution is -0.116. The number of nitrogens with zero attached hydrogens (tertiary/aromatic N) is 4. The van der Waals surface area contributed by atoms with E-state index < -0.39 is 0 Å². The van der Waals surface area contributed by atoms with Gasteiger partial charge >= 0.3 is 0 Å². The summed E-state index contributed by atoms with van der Waals surface area (Å²) in [5, 5.41) is 16.6. The molecule has 0 aliphatic carbocycles. The molecule has 1 aliphatic heterocycles. The Morgan fingerprint density at radius 3 is 2.71 bits per heavy atom. The molecule has 1 fully saturated rings. The largest absolute Gasteiger partial charge is 0.323 e. The van der Waals surface area contributed by atoms with E-state index in [4.69, 9.17) is 4.98 Å². The van der Waals surface area contributed by atoms with Gasteiger partial charge in [0.2, 0.25) is 5.91 Å². The van der Waals surface area contributed by atoms with Crippen LogP contribution >= 0.6 is 22.7 Å². The van der Waals surface area contributed by atoms with Crippen molar-refractivity contribution in [1.82, 2.24) is 14.5 Å². The molecule has 4 heterocycles. The van der Waals surface area contributed by atoms with Crippen molar-refractivity contribution < 1.29 is 4.79 Å². The van der Waals surface area contributed by atoms with Crippen molar-refractivity contribution >= 4 is 44.5 Å². The Hall–Kier alpha value is -3.32. The maximum absolute atomic E-state index is 13.8. The van der Waals surface area contributed by atoms with Crippen molar-refractivity contribution in [1.29, 1.82) is 5.26 Å². The minimum atomic E-state index is -0.362. The number of nitriles is 1. The quantitative estimate of drug-likeness (QED) is 0.425. The van der Waals surface area contributed by atoms with Crippen molar-refractivity contribution in [2.75, 3.05) is 18.4 Å². The molecule has 1 saturated heterocycles. The summed E-state index contributed by atoms with van der Waals surface area (Å²) in [6.45, 7) is 2.28. The molecule has 1 amide bonds. The van der Waals surface area contributed by atoms with Crippen LogP contribution in [-0.2, 0) is 17.9 Å². The number of benzene rings is 1. The molecule has 172 valence electrons. The van der Waals surface area contributed by atoms with Gasteiger partial charge in [0.25, 0.3) is 5.56 Å². The van der Waals surface area contributed by atoms with E-state index in [2.05, 4.69) is 16.3 Å². The third kappa shape index (κ3) is 4.53. The number of anilines is 1. The zero-order valence-electron chi connectivity index (χ0n) is 18.5. The summed E-state index contributed by atoms with van der Waals surface area (Å²) in [5.74, 6) is 0.237. The van der Waals surface area contributed by atoms with Crippen LogP contribution in [0.5, 0.6) is 0 Å². The first-order valence-corrected chi connectivity index (χ1v) is 13.0. The predicted octanol–water partition coefficient (Wildman–Crippen LogP) is 4.68. The van der Waals surface area contributed by atoms with E-state index in [0.717, 1.165) is 36.4 Å². The number of amides is 1. The van der Waals surface area contributed by atoms with Gasteiger partial charge in [-0.1, -0.05) is 24.6 Å². The fourth-order valence-corrected chi connectivity index (χ4v) is 6.07. The standard InChI is InChI=1S/C25H23N5O2S2/c26-13-17-7-2-3-8-19(17)27-22(31)15-30-21(14-29-10-4-1-5-11-29)28-24-23(25(30)32)18(16-34-24)20-9-6-12-33-20/h2-3,6-9,12,16H,1,4-5,10-11,14-15H2,(H,27,31). The fourth-order valence-electron chi connectivity index (χ4n) is 4.30. The van der Waals surface area contributed by atoms with Gasteiger partial charge in [-0.05, 0) is 49.5 Å². The Morgan fingerprint density at radius 2 is 1.94 bits per heavy atom. The lowest BCUT2D eigenvalue weighted by atomic mass is 10.1. The molecule has 4 aromatic rings. The number of thiophene rings is 2. The van der Waals surface area contributed by atoms with E-state index in [1.54, 1.807) is 35.6 Å². The zero-order chi connectivity index (χ0) is 23.5. The lowest BCUT2D eigenvalue weighted by Crippen LogP contribution is -2.36. The molecule has 1 aliphatic rings. The second kappa shape index (κ2) is 9.89. The number of fused-ring (bicyclic) bond motifs is 1. The summed E-state index contributed by atoms with van der Waals surface area (Å²) in [4.78, 5) is 35.7. The third-order valence-electron chi connectivity index (χ3n) is 6.00. The van der Waals surface area contributed by atoms with Crippen LogP contribution in [0.25, 0.3) is 20.7 Å². The van der Waals surface area contributed by atoms with Crippen LogP contribution in [0.1, 0.15) is 30.7 Å². The highest BCUT2D eigenvalue weighted by atomic mass is 32.1. The molecule has 9 heteroatoms. The van der Waals surface area contributed by atoms with Gasteiger partial charge in [0.15, 0.2) is 0 Å². The second-order valence-electron chi connectivity index (χ2n) is 8.27. The maximum atomic E-state index is 13.8. The summed E-state index contributed by atoms with van der Waals surface area (Å²) in [6, 6.07) is 12.9. The molecule has 5 rings (SSSR count). The van der Waals surface area contributed by atoms with E-state index in [1.165, 1.54) is 22.3 Å². The SMILES string of the molecule is N#Cc1ccccc1NC(=O)Cn1c(CN2CCCCC2)nc2scc(-c3cccs3)c2c1=O. The Labute approximate surface area is 204 Å². The van der Waals surface area contributed by atoms with E-state index in [9.17, 15) is 14.9 Å². The first-order chi connectivity index (χ1) is 16.6. The van der Waals surface area contributed by atoms with Gasteiger partial charge < -0.3 is 5.32 Å². The number of piperidine rings is 1. The molecular weight excluding hydrogens is 466 g/mol. The number of rotatable bonds is 6. The Morgan fingerprint density at radius 1 is 1.12 bits per heavy atom. The second-order valence-corrected chi connectivity index (χ2v) is 10.1. The molecule has 0 spiro atoms. The number of nitrogens with one attached hydrogen (secondary N) is 1. The zero-order valence-corrected chi connectivity index (χ0v) is 20.1. The van der Waals surface area contributed by atoms with Gasteiger partial charge in [-0.25, -0.2) is 4.98 Å². The Bertz CT molecular complexity index is 1430. The summed E-state index contributed by atoms with van der Waals surface area (Å²) >= 11 is 3.04. The molecule has 1 aromatic carbocycles. The molecular formula is C25H23N5O2S2. The first kappa shape index (κ1) is 22.5. The van der Waals surface area contributed by atoms with Gasteiger partial charge in [-0.15, -0.1) is 22.7 Å². The Balaban J connectivity index is 1.54. The minimum absolute atomic E-state index is 0.162. The summed E-state index contributed by atoms with van der Waals surface area (Å²) in [7, 11) is 0. The number of hydrogen-bond acceptors (Lipinski definition) is 7. The average Bonchev–Trinajstić information content (AvgIpc) is 3.52. The van der Waals surface area contributed by atoms with Crippen molar-refractivity contribution in [2.45, 2.75) is 32.4 Å². The molecule has 3 aromatic heterocycles. The molecule has 0 saturated carbocycles. The van der Waals surface area contributed by atoms with E-state index >= 15 is 0 Å². The van der Waals surface area contributed by atoms with Gasteiger partial charge in [-0.3, -0.25) is 19.1 Å². The van der Waals surface area contributed by atoms with Gasteiger partial charge in [0.05, 0.1) is 23.2 Å². The molecule has 0 bridgehead atoms. The molecule has 34 heavy (non-hydrogen) atoms. The lowest BCUT2D eigenvalue weighted by Gasteiger charge is -2.27. The van der Waals surface area contributed by atoms with E-state index in [0.29, 0.717) is 33.8 Å². The monoisotopic (exact) mass is 489 g/mol. The smallest absolute Gasteiger partial charge is 0.263 e. The van der Waals surface area contributed by atoms with E-state index in [-0.39, 0.29) is 18.0 Å². The van der Waals surface area contributed by atoms with Crippen LogP contribution in [-0.4, -0.2) is 33.4 Å². The van der Waals surface area contributed by atoms with Crippen molar-refractivity contribution in [3.05, 3.63) is 68.9 Å². The van der Waals surface area contributed by atoms with Gasteiger partial charge in [0.1, 0.15) is 23.3 Å². The molecule has 0 unspecified atom stereocenters. The highest BCUT2D eigenvalue weighted by Gasteiger charge is 2.21. The molecule has 0 radical (unpaired) electrons. The van der Waals surface area contributed by atoms with Crippen molar-refractivity contribution in [3.63, 3.8) is 0 Å². The minimum Gasteiger partial charge on any atom is -0.323 e.